The number of aryl methyl sites for hydroxylation is 1. The Morgan fingerprint density at radius 1 is 1.03 bits per heavy atom. The van der Waals surface area contributed by atoms with Crippen molar-refractivity contribution in [2.24, 2.45) is 0 Å². The molecule has 0 saturated heterocycles. The van der Waals surface area contributed by atoms with E-state index < -0.39 is 16.1 Å². The number of carbonyl (C=O) groups is 2. The number of nitrogens with zero attached hydrogens (tertiary/aromatic N) is 2. The lowest BCUT2D eigenvalue weighted by Crippen LogP contribution is -2.50. The van der Waals surface area contributed by atoms with Gasteiger partial charge in [0.1, 0.15) is 11.8 Å². The lowest BCUT2D eigenvalue weighted by atomic mass is 10.0. The van der Waals surface area contributed by atoms with Gasteiger partial charge < -0.3 is 15.0 Å². The van der Waals surface area contributed by atoms with Crippen LogP contribution in [0.3, 0.4) is 0 Å². The molecule has 0 aromatic heterocycles. The molecule has 2 rings (SSSR count). The first-order valence-electron chi connectivity index (χ1n) is 12.8. The topological polar surface area (TPSA) is 96.0 Å². The van der Waals surface area contributed by atoms with Gasteiger partial charge in [0, 0.05) is 25.6 Å². The fourth-order valence-electron chi connectivity index (χ4n) is 4.15. The van der Waals surface area contributed by atoms with Gasteiger partial charge in [0.25, 0.3) is 0 Å². The highest BCUT2D eigenvalue weighted by Crippen LogP contribution is 2.30. The predicted molar refractivity (Wildman–Crippen MR) is 148 cm³/mol. The van der Waals surface area contributed by atoms with Gasteiger partial charge in [0.05, 0.1) is 19.1 Å². The molecule has 0 aliphatic carbocycles. The van der Waals surface area contributed by atoms with E-state index in [2.05, 4.69) is 5.32 Å². The van der Waals surface area contributed by atoms with Gasteiger partial charge in [0.15, 0.2) is 0 Å². The monoisotopic (exact) mass is 531 g/mol. The van der Waals surface area contributed by atoms with Crippen LogP contribution in [0, 0.1) is 6.92 Å². The van der Waals surface area contributed by atoms with Crippen LogP contribution in [0.15, 0.2) is 48.5 Å². The van der Waals surface area contributed by atoms with E-state index in [4.69, 9.17) is 4.74 Å². The largest absolute Gasteiger partial charge is 0.495 e. The van der Waals surface area contributed by atoms with Crippen molar-refractivity contribution in [3.63, 3.8) is 0 Å². The Morgan fingerprint density at radius 3 is 2.27 bits per heavy atom. The summed E-state index contributed by atoms with van der Waals surface area (Å²) in [6, 6.07) is 14.1. The Labute approximate surface area is 222 Å². The smallest absolute Gasteiger partial charge is 0.243 e. The number of hydrogen-bond acceptors (Lipinski definition) is 5. The van der Waals surface area contributed by atoms with E-state index in [1.54, 1.807) is 29.2 Å². The van der Waals surface area contributed by atoms with E-state index in [1.807, 2.05) is 52.0 Å². The fraction of sp³-hybridized carbons (Fsp3) is 0.500. The first-order valence-corrected chi connectivity index (χ1v) is 14.6. The normalized spacial score (nSPS) is 12.9. The number of rotatable bonds is 14. The minimum Gasteiger partial charge on any atom is -0.495 e. The molecule has 0 saturated carbocycles. The summed E-state index contributed by atoms with van der Waals surface area (Å²) < 4.78 is 31.8. The molecule has 37 heavy (non-hydrogen) atoms. The average molecular weight is 532 g/mol. The van der Waals surface area contributed by atoms with Crippen LogP contribution in [0.5, 0.6) is 5.75 Å². The second-order valence-corrected chi connectivity index (χ2v) is 11.2. The summed E-state index contributed by atoms with van der Waals surface area (Å²) in [7, 11) is -2.12. The molecule has 0 aliphatic heterocycles. The summed E-state index contributed by atoms with van der Waals surface area (Å²) >= 11 is 0. The van der Waals surface area contributed by atoms with Gasteiger partial charge in [-0.15, -0.1) is 0 Å². The van der Waals surface area contributed by atoms with Crippen LogP contribution in [0.25, 0.3) is 0 Å². The minimum atomic E-state index is -3.61. The molecule has 9 heteroatoms. The van der Waals surface area contributed by atoms with Crippen molar-refractivity contribution in [2.45, 2.75) is 72.0 Å². The summed E-state index contributed by atoms with van der Waals surface area (Å²) in [5, 5.41) is 3.01. The van der Waals surface area contributed by atoms with Crippen molar-refractivity contribution in [1.29, 1.82) is 0 Å². The number of benzene rings is 2. The third kappa shape index (κ3) is 8.49. The molecule has 0 aliphatic rings. The number of sulfonamides is 1. The highest BCUT2D eigenvalue weighted by molar-refractivity contribution is 7.92. The lowest BCUT2D eigenvalue weighted by Gasteiger charge is -2.32. The molecule has 204 valence electrons. The zero-order chi connectivity index (χ0) is 27.6. The quantitative estimate of drug-likeness (QED) is 0.393. The molecule has 0 bridgehead atoms. The molecule has 2 aromatic carbocycles. The van der Waals surface area contributed by atoms with Gasteiger partial charge in [0.2, 0.25) is 21.8 Å². The molecule has 8 nitrogen and oxygen atoms in total. The Morgan fingerprint density at radius 2 is 1.68 bits per heavy atom. The van der Waals surface area contributed by atoms with E-state index in [9.17, 15) is 18.0 Å². The van der Waals surface area contributed by atoms with Crippen molar-refractivity contribution >= 4 is 27.5 Å². The minimum absolute atomic E-state index is 0.00105. The van der Waals surface area contributed by atoms with E-state index in [1.165, 1.54) is 11.4 Å². The number of methoxy groups -OCH3 is 1. The third-order valence-electron chi connectivity index (χ3n) is 6.49. The summed E-state index contributed by atoms with van der Waals surface area (Å²) in [5.74, 6) is 0.0710. The number of amides is 2. The van der Waals surface area contributed by atoms with Gasteiger partial charge in [-0.2, -0.15) is 0 Å². The van der Waals surface area contributed by atoms with Crippen molar-refractivity contribution in [2.75, 3.05) is 24.2 Å². The van der Waals surface area contributed by atoms with Crippen LogP contribution in [0.2, 0.25) is 0 Å². The Balaban J connectivity index is 2.26. The molecule has 0 spiro atoms. The molecule has 1 N–H and O–H groups in total. The second-order valence-electron chi connectivity index (χ2n) is 9.30. The molecule has 0 unspecified atom stereocenters. The maximum Gasteiger partial charge on any atom is 0.243 e. The number of carbonyl (C=O) groups excluding carboxylic acids is 2. The number of anilines is 1. The van der Waals surface area contributed by atoms with Gasteiger partial charge in [-0.05, 0) is 56.4 Å². The Hall–Kier alpha value is -3.07. The number of nitrogens with one attached hydrogen (secondary N) is 1. The first-order chi connectivity index (χ1) is 17.5. The maximum atomic E-state index is 13.6. The highest BCUT2D eigenvalue weighted by Gasteiger charge is 2.30. The highest BCUT2D eigenvalue weighted by atomic mass is 32.2. The van der Waals surface area contributed by atoms with Crippen molar-refractivity contribution in [1.82, 2.24) is 10.2 Å². The molecule has 2 amide bonds. The average Bonchev–Trinajstić information content (AvgIpc) is 2.86. The van der Waals surface area contributed by atoms with E-state index in [0.29, 0.717) is 24.4 Å². The molecule has 2 aromatic rings. The van der Waals surface area contributed by atoms with Crippen LogP contribution in [-0.2, 0) is 26.2 Å². The summed E-state index contributed by atoms with van der Waals surface area (Å²) in [6.07, 6.45) is 2.78. The van der Waals surface area contributed by atoms with Crippen LogP contribution in [0.4, 0.5) is 5.69 Å². The first kappa shape index (κ1) is 30.2. The lowest BCUT2D eigenvalue weighted by molar-refractivity contribution is -0.141. The number of para-hydroxylation sites is 2. The van der Waals surface area contributed by atoms with Crippen LogP contribution in [0.1, 0.15) is 57.6 Å². The number of ether oxygens (including phenoxy) is 1. The summed E-state index contributed by atoms with van der Waals surface area (Å²) in [6.45, 7) is 8.23. The van der Waals surface area contributed by atoms with Gasteiger partial charge in [-0.1, -0.05) is 50.2 Å². The van der Waals surface area contributed by atoms with Crippen molar-refractivity contribution < 1.29 is 22.7 Å². The molecular weight excluding hydrogens is 490 g/mol. The third-order valence-corrected chi connectivity index (χ3v) is 7.67. The number of hydrogen-bond donors (Lipinski definition) is 1. The Bertz CT molecular complexity index is 1150. The van der Waals surface area contributed by atoms with Crippen LogP contribution in [-0.4, -0.2) is 57.1 Å². The van der Waals surface area contributed by atoms with Gasteiger partial charge in [-0.3, -0.25) is 13.9 Å². The SMILES string of the molecule is CC[C@@H](C)NC(=O)[C@H](CC)N(Cc1ccccc1C)C(=O)CCCN(c1ccccc1OC)S(C)(=O)=O. The molecule has 2 atom stereocenters. The van der Waals surface area contributed by atoms with Crippen LogP contribution >= 0.6 is 0 Å². The maximum absolute atomic E-state index is 13.6. The molecular formula is C28H41N3O5S. The van der Waals surface area contributed by atoms with E-state index >= 15 is 0 Å². The molecule has 0 heterocycles. The zero-order valence-corrected chi connectivity index (χ0v) is 23.7. The molecule has 0 radical (unpaired) electrons. The van der Waals surface area contributed by atoms with Crippen LogP contribution < -0.4 is 14.4 Å². The van der Waals surface area contributed by atoms with Gasteiger partial charge in [-0.25, -0.2) is 8.42 Å². The fourth-order valence-corrected chi connectivity index (χ4v) is 5.12. The standard InChI is InChI=1S/C28H41N3O5S/c1-7-22(4)29-28(33)24(8-2)30(20-23-15-10-9-14-21(23)3)27(32)18-13-19-31(37(6,34)35)25-16-11-12-17-26(25)36-5/h9-12,14-17,22,24H,7-8,13,18-20H2,1-6H3,(H,29,33)/t22-,24+/m1/s1. The van der Waals surface area contributed by atoms with Crippen molar-refractivity contribution in [3.05, 3.63) is 59.7 Å². The second kappa shape index (κ2) is 14.0. The van der Waals surface area contributed by atoms with E-state index in [0.717, 1.165) is 23.8 Å². The Kier molecular flexibility index (Phi) is 11.4. The van der Waals surface area contributed by atoms with E-state index in [-0.39, 0.29) is 37.2 Å². The molecule has 0 fully saturated rings. The summed E-state index contributed by atoms with van der Waals surface area (Å²) in [5.41, 5.74) is 2.44. The van der Waals surface area contributed by atoms with Gasteiger partial charge >= 0.3 is 0 Å². The zero-order valence-electron chi connectivity index (χ0n) is 22.9. The summed E-state index contributed by atoms with van der Waals surface area (Å²) in [4.78, 5) is 28.3. The predicted octanol–water partition coefficient (Wildman–Crippen LogP) is 4.27. The van der Waals surface area contributed by atoms with Crippen molar-refractivity contribution in [3.8, 4) is 5.75 Å².